The van der Waals surface area contributed by atoms with Crippen LogP contribution in [-0.4, -0.2) is 24.5 Å². The van der Waals surface area contributed by atoms with E-state index in [4.69, 9.17) is 0 Å². The first-order chi connectivity index (χ1) is 6.69. The Morgan fingerprint density at radius 2 is 2.36 bits per heavy atom. The highest BCUT2D eigenvalue weighted by Gasteiger charge is 2.11. The van der Waals surface area contributed by atoms with Gasteiger partial charge in [-0.15, -0.1) is 0 Å². The third-order valence-corrected chi connectivity index (χ3v) is 1.67. The smallest absolute Gasteiger partial charge is 0.255 e. The molecule has 0 bridgehead atoms. The van der Waals surface area contributed by atoms with Crippen LogP contribution in [0.4, 0.5) is 10.2 Å². The van der Waals surface area contributed by atoms with E-state index >= 15 is 0 Å². The van der Waals surface area contributed by atoms with Crippen LogP contribution in [-0.2, 0) is 0 Å². The quantitative estimate of drug-likeness (QED) is 0.760. The van der Waals surface area contributed by atoms with Gasteiger partial charge in [0.15, 0.2) is 0 Å². The summed E-state index contributed by atoms with van der Waals surface area (Å²) in [6.45, 7) is 2.29. The number of anilines is 1. The Labute approximate surface area is 81.5 Å². The fraction of sp³-hybridized carbons (Fsp3) is 0.333. The van der Waals surface area contributed by atoms with Gasteiger partial charge in [0.1, 0.15) is 11.6 Å². The summed E-state index contributed by atoms with van der Waals surface area (Å²) in [6.07, 6.45) is 1.06. The molecule has 1 amide bonds. The minimum atomic E-state index is -0.523. The zero-order valence-electron chi connectivity index (χ0n) is 8.10. The van der Waals surface area contributed by atoms with Crippen LogP contribution in [0.2, 0.25) is 0 Å². The Morgan fingerprint density at radius 3 is 2.93 bits per heavy atom. The lowest BCUT2D eigenvalue weighted by Crippen LogP contribution is -2.24. The van der Waals surface area contributed by atoms with Gasteiger partial charge >= 0.3 is 0 Å². The summed E-state index contributed by atoms with van der Waals surface area (Å²) in [6, 6.07) is 1.16. The lowest BCUT2D eigenvalue weighted by atomic mass is 10.2. The van der Waals surface area contributed by atoms with E-state index in [0.717, 1.165) is 12.3 Å². The van der Waals surface area contributed by atoms with E-state index in [1.54, 1.807) is 14.0 Å². The molecule has 0 fully saturated rings. The highest BCUT2D eigenvalue weighted by molar-refractivity contribution is 5.98. The number of amides is 1. The fourth-order valence-electron chi connectivity index (χ4n) is 1.07. The summed E-state index contributed by atoms with van der Waals surface area (Å²) in [5.74, 6) is -0.480. The van der Waals surface area contributed by atoms with E-state index in [2.05, 4.69) is 15.6 Å². The standard InChI is InChI=1S/C9H12FN3O/c1-3-12-9(14)7-4-6(10)5-13-8(7)11-2/h4-5H,3H2,1-2H3,(H,11,13)(H,12,14). The molecule has 0 unspecified atom stereocenters. The van der Waals surface area contributed by atoms with Gasteiger partial charge in [-0.3, -0.25) is 4.79 Å². The molecule has 5 heteroatoms. The molecular formula is C9H12FN3O. The normalized spacial score (nSPS) is 9.64. The van der Waals surface area contributed by atoms with E-state index in [9.17, 15) is 9.18 Å². The molecule has 0 spiro atoms. The third kappa shape index (κ3) is 2.18. The molecule has 1 rings (SSSR count). The van der Waals surface area contributed by atoms with Gasteiger partial charge in [0.25, 0.3) is 5.91 Å². The van der Waals surface area contributed by atoms with Crippen molar-refractivity contribution < 1.29 is 9.18 Å². The van der Waals surface area contributed by atoms with Crippen molar-refractivity contribution in [3.8, 4) is 0 Å². The molecule has 0 atom stereocenters. The molecule has 14 heavy (non-hydrogen) atoms. The molecule has 1 heterocycles. The maximum Gasteiger partial charge on any atom is 0.255 e. The molecule has 0 saturated carbocycles. The summed E-state index contributed by atoms with van der Waals surface area (Å²) in [5, 5.41) is 5.30. The average Bonchev–Trinajstić information content (AvgIpc) is 2.18. The topological polar surface area (TPSA) is 54.0 Å². The average molecular weight is 197 g/mol. The van der Waals surface area contributed by atoms with Crippen molar-refractivity contribution in [1.82, 2.24) is 10.3 Å². The lowest BCUT2D eigenvalue weighted by molar-refractivity contribution is 0.0956. The number of hydrogen-bond acceptors (Lipinski definition) is 3. The van der Waals surface area contributed by atoms with Crippen LogP contribution >= 0.6 is 0 Å². The summed E-state index contributed by atoms with van der Waals surface area (Å²) in [4.78, 5) is 15.2. The highest BCUT2D eigenvalue weighted by atomic mass is 19.1. The Morgan fingerprint density at radius 1 is 1.64 bits per heavy atom. The van der Waals surface area contributed by atoms with Gasteiger partial charge < -0.3 is 10.6 Å². The van der Waals surface area contributed by atoms with Crippen LogP contribution in [0.15, 0.2) is 12.3 Å². The number of nitrogens with one attached hydrogen (secondary N) is 2. The van der Waals surface area contributed by atoms with Crippen molar-refractivity contribution in [2.24, 2.45) is 0 Å². The molecule has 0 aliphatic rings. The van der Waals surface area contributed by atoms with E-state index in [1.165, 1.54) is 0 Å². The first-order valence-corrected chi connectivity index (χ1v) is 4.30. The number of nitrogens with zero attached hydrogens (tertiary/aromatic N) is 1. The molecule has 0 saturated heterocycles. The number of hydrogen-bond donors (Lipinski definition) is 2. The number of halogens is 1. The molecule has 0 aliphatic carbocycles. The maximum absolute atomic E-state index is 12.8. The maximum atomic E-state index is 12.8. The molecular weight excluding hydrogens is 185 g/mol. The van der Waals surface area contributed by atoms with Crippen LogP contribution in [0.5, 0.6) is 0 Å². The summed E-state index contributed by atoms with van der Waals surface area (Å²) in [5.41, 5.74) is 0.217. The van der Waals surface area contributed by atoms with E-state index in [1.807, 2.05) is 0 Å². The number of pyridine rings is 1. The molecule has 1 aromatic heterocycles. The minimum absolute atomic E-state index is 0.217. The Kier molecular flexibility index (Phi) is 3.39. The van der Waals surface area contributed by atoms with Crippen LogP contribution in [0.25, 0.3) is 0 Å². The lowest BCUT2D eigenvalue weighted by Gasteiger charge is -2.07. The second-order valence-electron chi connectivity index (χ2n) is 2.66. The second kappa shape index (κ2) is 4.55. The molecule has 4 nitrogen and oxygen atoms in total. The predicted octanol–water partition coefficient (Wildman–Crippen LogP) is 1.01. The molecule has 0 aromatic carbocycles. The minimum Gasteiger partial charge on any atom is -0.372 e. The van der Waals surface area contributed by atoms with Crippen LogP contribution in [0.1, 0.15) is 17.3 Å². The van der Waals surface area contributed by atoms with E-state index in [-0.39, 0.29) is 11.5 Å². The van der Waals surface area contributed by atoms with Crippen molar-refractivity contribution in [2.75, 3.05) is 18.9 Å². The van der Waals surface area contributed by atoms with Crippen molar-refractivity contribution in [3.05, 3.63) is 23.6 Å². The molecule has 2 N–H and O–H groups in total. The molecule has 0 radical (unpaired) electrons. The zero-order chi connectivity index (χ0) is 10.6. The molecule has 76 valence electrons. The molecule has 0 aliphatic heterocycles. The van der Waals surface area contributed by atoms with Crippen molar-refractivity contribution in [3.63, 3.8) is 0 Å². The Hall–Kier alpha value is -1.65. The third-order valence-electron chi connectivity index (χ3n) is 1.67. The fourth-order valence-corrected chi connectivity index (χ4v) is 1.07. The monoisotopic (exact) mass is 197 g/mol. The van der Waals surface area contributed by atoms with Crippen molar-refractivity contribution >= 4 is 11.7 Å². The van der Waals surface area contributed by atoms with Crippen molar-refractivity contribution in [2.45, 2.75) is 6.92 Å². The van der Waals surface area contributed by atoms with E-state index in [0.29, 0.717) is 12.4 Å². The number of rotatable bonds is 3. The van der Waals surface area contributed by atoms with Gasteiger partial charge in [-0.05, 0) is 13.0 Å². The van der Waals surface area contributed by atoms with Gasteiger partial charge in [-0.1, -0.05) is 0 Å². The summed E-state index contributed by atoms with van der Waals surface area (Å²) >= 11 is 0. The van der Waals surface area contributed by atoms with Gasteiger partial charge in [0, 0.05) is 13.6 Å². The van der Waals surface area contributed by atoms with Gasteiger partial charge in [-0.25, -0.2) is 9.37 Å². The van der Waals surface area contributed by atoms with Gasteiger partial charge in [0.05, 0.1) is 11.8 Å². The largest absolute Gasteiger partial charge is 0.372 e. The predicted molar refractivity (Wildman–Crippen MR) is 51.7 cm³/mol. The first-order valence-electron chi connectivity index (χ1n) is 4.30. The van der Waals surface area contributed by atoms with Crippen molar-refractivity contribution in [1.29, 1.82) is 0 Å². The first kappa shape index (κ1) is 10.4. The van der Waals surface area contributed by atoms with E-state index < -0.39 is 5.82 Å². The Bertz CT molecular complexity index is 341. The van der Waals surface area contributed by atoms with Gasteiger partial charge in [-0.2, -0.15) is 0 Å². The summed E-state index contributed by atoms with van der Waals surface area (Å²) < 4.78 is 12.8. The number of aromatic nitrogens is 1. The van der Waals surface area contributed by atoms with Crippen LogP contribution in [0, 0.1) is 5.82 Å². The van der Waals surface area contributed by atoms with Crippen LogP contribution in [0.3, 0.4) is 0 Å². The number of carbonyl (C=O) groups excluding carboxylic acids is 1. The Balaban J connectivity index is 3.03. The number of carbonyl (C=O) groups is 1. The SMILES string of the molecule is CCNC(=O)c1cc(F)cnc1NC. The highest BCUT2D eigenvalue weighted by Crippen LogP contribution is 2.12. The molecule has 1 aromatic rings. The zero-order valence-corrected chi connectivity index (χ0v) is 8.10. The summed E-state index contributed by atoms with van der Waals surface area (Å²) in [7, 11) is 1.63. The second-order valence-corrected chi connectivity index (χ2v) is 2.66. The van der Waals surface area contributed by atoms with Gasteiger partial charge in [0.2, 0.25) is 0 Å². The van der Waals surface area contributed by atoms with Crippen LogP contribution < -0.4 is 10.6 Å².